The number of hydrogen-bond acceptors (Lipinski definition) is 5. The van der Waals surface area contributed by atoms with Crippen molar-refractivity contribution in [2.75, 3.05) is 19.0 Å². The Morgan fingerprint density at radius 2 is 1.96 bits per heavy atom. The number of nitrogens with one attached hydrogen (secondary N) is 2. The van der Waals surface area contributed by atoms with E-state index < -0.39 is 24.5 Å². The number of methoxy groups -OCH3 is 1. The second-order valence-electron chi connectivity index (χ2n) is 5.81. The van der Waals surface area contributed by atoms with Crippen molar-refractivity contribution in [2.45, 2.75) is 6.04 Å². The summed E-state index contributed by atoms with van der Waals surface area (Å²) in [6, 6.07) is 14.5. The molecule has 0 aliphatic rings. The maximum atomic E-state index is 12.6. The van der Waals surface area contributed by atoms with Crippen molar-refractivity contribution < 1.29 is 19.4 Å². The molecule has 3 N–H and O–H groups in total. The maximum Gasteiger partial charge on any atom is 0.252 e. The molecule has 0 radical (unpaired) electrons. The molecule has 7 heteroatoms. The number of aromatic nitrogens is 1. The van der Waals surface area contributed by atoms with Crippen LogP contribution in [0.25, 0.3) is 10.9 Å². The third-order valence-corrected chi connectivity index (χ3v) is 4.04. The van der Waals surface area contributed by atoms with Gasteiger partial charge in [0.05, 0.1) is 24.8 Å². The minimum absolute atomic E-state index is 0.383. The van der Waals surface area contributed by atoms with E-state index in [0.29, 0.717) is 27.9 Å². The third-order valence-electron chi connectivity index (χ3n) is 4.04. The number of carbonyl (C=O) groups is 2. The Morgan fingerprint density at radius 3 is 2.74 bits per heavy atom. The molecular formula is C20H19N3O4. The summed E-state index contributed by atoms with van der Waals surface area (Å²) in [5, 5.41) is 15.5. The summed E-state index contributed by atoms with van der Waals surface area (Å²) in [7, 11) is 1.52. The standard InChI is InChI=1S/C20H19N3O4/c1-27-14-6-4-5-13(11-14)22-20(26)18(12-24)23-19(25)16-9-10-21-17-8-3-2-7-15(16)17/h2-11,18,24H,12H2,1H3,(H,22,26)(H,23,25)/t18-/m0/s1. The number of pyridine rings is 1. The van der Waals surface area contributed by atoms with Gasteiger partial charge in [-0.15, -0.1) is 0 Å². The molecule has 3 aromatic rings. The summed E-state index contributed by atoms with van der Waals surface area (Å²) in [5.41, 5.74) is 1.56. The van der Waals surface area contributed by atoms with Crippen molar-refractivity contribution in [3.8, 4) is 5.75 Å². The zero-order chi connectivity index (χ0) is 19.2. The van der Waals surface area contributed by atoms with Crippen molar-refractivity contribution in [3.05, 3.63) is 66.4 Å². The number of anilines is 1. The van der Waals surface area contributed by atoms with E-state index >= 15 is 0 Å². The van der Waals surface area contributed by atoms with Crippen LogP contribution in [0, 0.1) is 0 Å². The van der Waals surface area contributed by atoms with Gasteiger partial charge < -0.3 is 20.5 Å². The predicted octanol–water partition coefficient (Wildman–Crippen LogP) is 1.97. The van der Waals surface area contributed by atoms with Crippen molar-refractivity contribution >= 4 is 28.4 Å². The Morgan fingerprint density at radius 1 is 1.15 bits per heavy atom. The molecule has 0 unspecified atom stereocenters. The van der Waals surface area contributed by atoms with Crippen LogP contribution in [0.15, 0.2) is 60.8 Å². The van der Waals surface area contributed by atoms with Gasteiger partial charge in [0.15, 0.2) is 0 Å². The molecule has 1 atom stereocenters. The molecule has 0 saturated heterocycles. The molecule has 2 aromatic carbocycles. The van der Waals surface area contributed by atoms with E-state index in [1.807, 2.05) is 6.07 Å². The SMILES string of the molecule is COc1cccc(NC(=O)[C@H](CO)NC(=O)c2ccnc3ccccc23)c1. The van der Waals surface area contributed by atoms with Crippen molar-refractivity contribution in [1.82, 2.24) is 10.3 Å². The van der Waals surface area contributed by atoms with Crippen LogP contribution in [0.3, 0.4) is 0 Å². The van der Waals surface area contributed by atoms with E-state index in [-0.39, 0.29) is 0 Å². The van der Waals surface area contributed by atoms with E-state index in [4.69, 9.17) is 4.74 Å². The van der Waals surface area contributed by atoms with Crippen LogP contribution >= 0.6 is 0 Å². The molecule has 0 bridgehead atoms. The molecule has 0 spiro atoms. The van der Waals surface area contributed by atoms with Gasteiger partial charge in [-0.1, -0.05) is 24.3 Å². The number of para-hydroxylation sites is 1. The van der Waals surface area contributed by atoms with Crippen molar-refractivity contribution in [1.29, 1.82) is 0 Å². The fourth-order valence-corrected chi connectivity index (χ4v) is 2.65. The Bertz CT molecular complexity index is 969. The summed E-state index contributed by atoms with van der Waals surface area (Å²) in [6.07, 6.45) is 1.53. The van der Waals surface area contributed by atoms with Crippen LogP contribution < -0.4 is 15.4 Å². The first-order chi connectivity index (χ1) is 13.1. The Hall–Kier alpha value is -3.45. The van der Waals surface area contributed by atoms with Crippen LogP contribution in [-0.4, -0.2) is 41.7 Å². The molecule has 27 heavy (non-hydrogen) atoms. The molecule has 0 aliphatic heterocycles. The van der Waals surface area contributed by atoms with E-state index in [9.17, 15) is 14.7 Å². The van der Waals surface area contributed by atoms with E-state index in [1.54, 1.807) is 48.5 Å². The number of ether oxygens (including phenoxy) is 1. The highest BCUT2D eigenvalue weighted by Crippen LogP contribution is 2.18. The molecule has 138 valence electrons. The lowest BCUT2D eigenvalue weighted by Gasteiger charge is -2.17. The van der Waals surface area contributed by atoms with Gasteiger partial charge >= 0.3 is 0 Å². The van der Waals surface area contributed by atoms with Crippen LogP contribution in [0.5, 0.6) is 5.75 Å². The topological polar surface area (TPSA) is 101 Å². The van der Waals surface area contributed by atoms with E-state index in [2.05, 4.69) is 15.6 Å². The molecule has 0 saturated carbocycles. The molecule has 7 nitrogen and oxygen atoms in total. The van der Waals surface area contributed by atoms with Crippen LogP contribution in [-0.2, 0) is 4.79 Å². The van der Waals surface area contributed by atoms with Gasteiger partial charge in [-0.05, 0) is 24.3 Å². The first kappa shape index (κ1) is 18.3. The highest BCUT2D eigenvalue weighted by atomic mass is 16.5. The molecular weight excluding hydrogens is 346 g/mol. The van der Waals surface area contributed by atoms with Crippen LogP contribution in [0.2, 0.25) is 0 Å². The minimum atomic E-state index is -1.10. The number of nitrogens with zero attached hydrogens (tertiary/aromatic N) is 1. The number of fused-ring (bicyclic) bond motifs is 1. The quantitative estimate of drug-likeness (QED) is 0.620. The normalized spacial score (nSPS) is 11.6. The van der Waals surface area contributed by atoms with Crippen molar-refractivity contribution in [3.63, 3.8) is 0 Å². The summed E-state index contributed by atoms with van der Waals surface area (Å²) < 4.78 is 5.11. The Balaban J connectivity index is 1.75. The number of carbonyl (C=O) groups excluding carboxylic acids is 2. The minimum Gasteiger partial charge on any atom is -0.497 e. The lowest BCUT2D eigenvalue weighted by Crippen LogP contribution is -2.46. The smallest absolute Gasteiger partial charge is 0.252 e. The second-order valence-corrected chi connectivity index (χ2v) is 5.81. The van der Waals surface area contributed by atoms with Gasteiger partial charge in [0.1, 0.15) is 11.8 Å². The van der Waals surface area contributed by atoms with Gasteiger partial charge in [-0.2, -0.15) is 0 Å². The zero-order valence-electron chi connectivity index (χ0n) is 14.7. The molecule has 0 aliphatic carbocycles. The molecule has 0 fully saturated rings. The summed E-state index contributed by atoms with van der Waals surface area (Å²) in [5.74, 6) is -0.411. The lowest BCUT2D eigenvalue weighted by atomic mass is 10.1. The highest BCUT2D eigenvalue weighted by Gasteiger charge is 2.22. The molecule has 1 aromatic heterocycles. The van der Waals surface area contributed by atoms with E-state index in [1.165, 1.54) is 13.3 Å². The Kier molecular flexibility index (Phi) is 5.63. The summed E-state index contributed by atoms with van der Waals surface area (Å²) in [6.45, 7) is -0.537. The maximum absolute atomic E-state index is 12.6. The number of aliphatic hydroxyl groups is 1. The second kappa shape index (κ2) is 8.29. The number of amides is 2. The average Bonchev–Trinajstić information content (AvgIpc) is 2.71. The molecule has 3 rings (SSSR count). The zero-order valence-corrected chi connectivity index (χ0v) is 14.7. The summed E-state index contributed by atoms with van der Waals surface area (Å²) in [4.78, 5) is 29.3. The van der Waals surface area contributed by atoms with Gasteiger partial charge in [0.25, 0.3) is 5.91 Å². The van der Waals surface area contributed by atoms with Gasteiger partial charge in [-0.3, -0.25) is 14.6 Å². The highest BCUT2D eigenvalue weighted by molar-refractivity contribution is 6.08. The number of hydrogen-bond donors (Lipinski definition) is 3. The third kappa shape index (κ3) is 4.21. The Labute approximate surface area is 156 Å². The fourth-order valence-electron chi connectivity index (χ4n) is 2.65. The first-order valence-electron chi connectivity index (χ1n) is 8.32. The van der Waals surface area contributed by atoms with Crippen LogP contribution in [0.1, 0.15) is 10.4 Å². The van der Waals surface area contributed by atoms with Crippen LogP contribution in [0.4, 0.5) is 5.69 Å². The van der Waals surface area contributed by atoms with Crippen molar-refractivity contribution in [2.24, 2.45) is 0 Å². The van der Waals surface area contributed by atoms with E-state index in [0.717, 1.165) is 0 Å². The van der Waals surface area contributed by atoms with Gasteiger partial charge in [0.2, 0.25) is 5.91 Å². The number of benzene rings is 2. The van der Waals surface area contributed by atoms with Gasteiger partial charge in [-0.25, -0.2) is 0 Å². The lowest BCUT2D eigenvalue weighted by molar-refractivity contribution is -0.118. The largest absolute Gasteiger partial charge is 0.497 e. The average molecular weight is 365 g/mol. The molecule has 2 amide bonds. The monoisotopic (exact) mass is 365 g/mol. The predicted molar refractivity (Wildman–Crippen MR) is 102 cm³/mol. The molecule has 1 heterocycles. The number of rotatable bonds is 6. The summed E-state index contributed by atoms with van der Waals surface area (Å²) >= 11 is 0. The number of aliphatic hydroxyl groups excluding tert-OH is 1. The first-order valence-corrected chi connectivity index (χ1v) is 8.32. The van der Waals surface area contributed by atoms with Gasteiger partial charge in [0, 0.05) is 23.3 Å². The fraction of sp³-hybridized carbons (Fsp3) is 0.150.